The van der Waals surface area contributed by atoms with Crippen LogP contribution in [-0.4, -0.2) is 20.0 Å². The molecule has 1 aliphatic rings. The number of aryl methyl sites for hydroxylation is 1. The van der Waals surface area contributed by atoms with Crippen LogP contribution in [0.3, 0.4) is 0 Å². The number of halogens is 1. The lowest BCUT2D eigenvalue weighted by Crippen LogP contribution is -2.34. The molecular formula is C20H23FN2O. The fourth-order valence-corrected chi connectivity index (χ4v) is 2.93. The summed E-state index contributed by atoms with van der Waals surface area (Å²) in [5, 5.41) is 3.13. The summed E-state index contributed by atoms with van der Waals surface area (Å²) in [4.78, 5) is 14.3. The van der Waals surface area contributed by atoms with Gasteiger partial charge in [-0.2, -0.15) is 0 Å². The van der Waals surface area contributed by atoms with Gasteiger partial charge in [-0.1, -0.05) is 24.3 Å². The van der Waals surface area contributed by atoms with E-state index in [2.05, 4.69) is 34.5 Å². The highest BCUT2D eigenvalue weighted by Gasteiger charge is 2.45. The predicted octanol–water partition coefficient (Wildman–Crippen LogP) is 3.63. The first-order valence-electron chi connectivity index (χ1n) is 8.32. The molecule has 0 spiro atoms. The molecule has 0 unspecified atom stereocenters. The second-order valence-electron chi connectivity index (χ2n) is 6.70. The maximum absolute atomic E-state index is 13.1. The van der Waals surface area contributed by atoms with E-state index < -0.39 is 0 Å². The first-order valence-corrected chi connectivity index (χ1v) is 8.32. The van der Waals surface area contributed by atoms with Crippen molar-refractivity contribution in [3.8, 4) is 0 Å². The molecule has 1 saturated carbocycles. The molecular weight excluding hydrogens is 303 g/mol. The highest BCUT2D eigenvalue weighted by Crippen LogP contribution is 2.45. The molecule has 1 amide bonds. The van der Waals surface area contributed by atoms with Crippen LogP contribution in [0.1, 0.15) is 30.4 Å². The van der Waals surface area contributed by atoms with E-state index in [9.17, 15) is 9.18 Å². The highest BCUT2D eigenvalue weighted by molar-refractivity contribution is 5.78. The molecule has 0 heterocycles. The van der Waals surface area contributed by atoms with Crippen LogP contribution in [0.15, 0.2) is 48.5 Å². The van der Waals surface area contributed by atoms with Crippen LogP contribution in [0.5, 0.6) is 0 Å². The Balaban J connectivity index is 1.55. The smallest absolute Gasteiger partial charge is 0.221 e. The SMILES string of the molecule is CN(C)c1ccc(CCC(=O)NC2(c3ccc(F)cc3)CC2)cc1. The molecule has 2 aromatic carbocycles. The van der Waals surface area contributed by atoms with E-state index in [0.29, 0.717) is 6.42 Å². The van der Waals surface area contributed by atoms with Crippen LogP contribution in [-0.2, 0) is 16.8 Å². The Kier molecular flexibility index (Phi) is 4.56. The van der Waals surface area contributed by atoms with E-state index in [1.54, 1.807) is 12.1 Å². The fourth-order valence-electron chi connectivity index (χ4n) is 2.93. The van der Waals surface area contributed by atoms with Gasteiger partial charge in [0, 0.05) is 26.2 Å². The molecule has 0 radical (unpaired) electrons. The minimum absolute atomic E-state index is 0.0495. The summed E-state index contributed by atoms with van der Waals surface area (Å²) in [6.07, 6.45) is 3.02. The maximum Gasteiger partial charge on any atom is 0.221 e. The van der Waals surface area contributed by atoms with Gasteiger partial charge in [0.1, 0.15) is 5.82 Å². The molecule has 24 heavy (non-hydrogen) atoms. The lowest BCUT2D eigenvalue weighted by Gasteiger charge is -2.18. The van der Waals surface area contributed by atoms with Crippen molar-refractivity contribution >= 4 is 11.6 Å². The normalized spacial score (nSPS) is 15.0. The van der Waals surface area contributed by atoms with Gasteiger partial charge in [-0.25, -0.2) is 4.39 Å². The van der Waals surface area contributed by atoms with E-state index in [-0.39, 0.29) is 17.3 Å². The van der Waals surface area contributed by atoms with Crippen molar-refractivity contribution < 1.29 is 9.18 Å². The summed E-state index contributed by atoms with van der Waals surface area (Å²) in [6.45, 7) is 0. The molecule has 1 aliphatic carbocycles. The van der Waals surface area contributed by atoms with Crippen LogP contribution >= 0.6 is 0 Å². The minimum Gasteiger partial charge on any atom is -0.378 e. The zero-order chi connectivity index (χ0) is 17.2. The zero-order valence-electron chi connectivity index (χ0n) is 14.2. The van der Waals surface area contributed by atoms with Crippen LogP contribution in [0, 0.1) is 5.82 Å². The quantitative estimate of drug-likeness (QED) is 0.879. The lowest BCUT2D eigenvalue weighted by atomic mass is 10.0. The Hall–Kier alpha value is -2.36. The lowest BCUT2D eigenvalue weighted by molar-refractivity contribution is -0.122. The molecule has 3 nitrogen and oxygen atoms in total. The predicted molar refractivity (Wildman–Crippen MR) is 94.5 cm³/mol. The van der Waals surface area contributed by atoms with Gasteiger partial charge in [0.05, 0.1) is 5.54 Å². The minimum atomic E-state index is -0.278. The third-order valence-electron chi connectivity index (χ3n) is 4.62. The van der Waals surface area contributed by atoms with Crippen LogP contribution in [0.4, 0.5) is 10.1 Å². The van der Waals surface area contributed by atoms with Gasteiger partial charge in [-0.05, 0) is 54.7 Å². The van der Waals surface area contributed by atoms with Crippen LogP contribution in [0.25, 0.3) is 0 Å². The molecule has 1 fully saturated rings. The Morgan fingerprint density at radius 2 is 1.71 bits per heavy atom. The Bertz CT molecular complexity index is 703. The monoisotopic (exact) mass is 326 g/mol. The number of anilines is 1. The first-order chi connectivity index (χ1) is 11.5. The summed E-state index contributed by atoms with van der Waals surface area (Å²) in [6, 6.07) is 14.7. The van der Waals surface area contributed by atoms with Crippen molar-refractivity contribution in [3.05, 3.63) is 65.5 Å². The first kappa shape index (κ1) is 16.5. The summed E-state index contributed by atoms with van der Waals surface area (Å²) in [5.41, 5.74) is 3.02. The number of carbonyl (C=O) groups is 1. The summed E-state index contributed by atoms with van der Waals surface area (Å²) in [5.74, 6) is -0.199. The number of carbonyl (C=O) groups excluding carboxylic acids is 1. The summed E-state index contributed by atoms with van der Waals surface area (Å²) >= 11 is 0. The molecule has 2 aromatic rings. The van der Waals surface area contributed by atoms with Crippen molar-refractivity contribution in [3.63, 3.8) is 0 Å². The van der Waals surface area contributed by atoms with Gasteiger partial charge in [-0.3, -0.25) is 4.79 Å². The van der Waals surface area contributed by atoms with Gasteiger partial charge in [-0.15, -0.1) is 0 Å². The molecule has 0 aliphatic heterocycles. The topological polar surface area (TPSA) is 32.3 Å². The average molecular weight is 326 g/mol. The second-order valence-corrected chi connectivity index (χ2v) is 6.70. The van der Waals surface area contributed by atoms with Crippen molar-refractivity contribution in [2.45, 2.75) is 31.2 Å². The number of nitrogens with zero attached hydrogens (tertiary/aromatic N) is 1. The summed E-state index contributed by atoms with van der Waals surface area (Å²) < 4.78 is 13.1. The average Bonchev–Trinajstić information content (AvgIpc) is 3.34. The molecule has 1 N–H and O–H groups in total. The highest BCUT2D eigenvalue weighted by atomic mass is 19.1. The second kappa shape index (κ2) is 6.63. The van der Waals surface area contributed by atoms with Crippen molar-refractivity contribution in [2.24, 2.45) is 0 Å². The van der Waals surface area contributed by atoms with Gasteiger partial charge < -0.3 is 10.2 Å². The van der Waals surface area contributed by atoms with E-state index >= 15 is 0 Å². The van der Waals surface area contributed by atoms with E-state index in [4.69, 9.17) is 0 Å². The standard InChI is InChI=1S/C20H23FN2O/c1-23(2)18-10-3-15(4-11-18)5-12-19(24)22-20(13-14-20)16-6-8-17(21)9-7-16/h3-4,6-11H,5,12-14H2,1-2H3,(H,22,24). The van der Waals surface area contributed by atoms with E-state index in [1.807, 2.05) is 14.1 Å². The Morgan fingerprint density at radius 1 is 1.08 bits per heavy atom. The van der Waals surface area contributed by atoms with Crippen LogP contribution < -0.4 is 10.2 Å². The van der Waals surface area contributed by atoms with Crippen molar-refractivity contribution in [2.75, 3.05) is 19.0 Å². The number of nitrogens with one attached hydrogen (secondary N) is 1. The third-order valence-corrected chi connectivity index (χ3v) is 4.62. The van der Waals surface area contributed by atoms with Crippen molar-refractivity contribution in [1.82, 2.24) is 5.32 Å². The van der Waals surface area contributed by atoms with E-state index in [0.717, 1.165) is 36.1 Å². The van der Waals surface area contributed by atoms with E-state index in [1.165, 1.54) is 12.1 Å². The molecule has 0 bridgehead atoms. The molecule has 126 valence electrons. The zero-order valence-corrected chi connectivity index (χ0v) is 14.2. The van der Waals surface area contributed by atoms with Crippen molar-refractivity contribution in [1.29, 1.82) is 0 Å². The largest absolute Gasteiger partial charge is 0.378 e. The van der Waals surface area contributed by atoms with Gasteiger partial charge in [0.15, 0.2) is 0 Å². The molecule has 0 saturated heterocycles. The molecule has 0 aromatic heterocycles. The number of amides is 1. The van der Waals surface area contributed by atoms with Gasteiger partial charge in [0.25, 0.3) is 0 Å². The van der Waals surface area contributed by atoms with Crippen LogP contribution in [0.2, 0.25) is 0 Å². The fraction of sp³-hybridized carbons (Fsp3) is 0.350. The third kappa shape index (κ3) is 3.75. The van der Waals surface area contributed by atoms with Gasteiger partial charge >= 0.3 is 0 Å². The number of hydrogen-bond acceptors (Lipinski definition) is 2. The number of hydrogen-bond donors (Lipinski definition) is 1. The molecule has 3 rings (SSSR count). The Morgan fingerprint density at radius 3 is 2.25 bits per heavy atom. The van der Waals surface area contributed by atoms with Gasteiger partial charge in [0.2, 0.25) is 5.91 Å². The number of benzene rings is 2. The Labute approximate surface area is 142 Å². The molecule has 4 heteroatoms. The molecule has 0 atom stereocenters. The number of rotatable bonds is 6. The maximum atomic E-state index is 13.1. The summed E-state index contributed by atoms with van der Waals surface area (Å²) in [7, 11) is 4.01.